The molecule has 0 aliphatic rings. The molecule has 2 aromatic heterocycles. The zero-order valence-corrected chi connectivity index (χ0v) is 17.8. The molecule has 1 N–H and O–H groups in total. The Labute approximate surface area is 177 Å². The molecule has 0 saturated heterocycles. The summed E-state index contributed by atoms with van der Waals surface area (Å²) in [6, 6.07) is 13.3. The number of para-hydroxylation sites is 1. The van der Waals surface area contributed by atoms with Crippen molar-refractivity contribution in [2.75, 3.05) is 18.2 Å². The monoisotopic (exact) mass is 442 g/mol. The number of hydrogen-bond acceptors (Lipinski definition) is 7. The van der Waals surface area contributed by atoms with E-state index in [9.17, 15) is 13.2 Å². The third-order valence-corrected chi connectivity index (χ3v) is 6.22. The Kier molecular flexibility index (Phi) is 5.31. The van der Waals surface area contributed by atoms with Gasteiger partial charge in [0, 0.05) is 22.6 Å². The van der Waals surface area contributed by atoms with Gasteiger partial charge in [-0.15, -0.1) is 11.3 Å². The van der Waals surface area contributed by atoms with Gasteiger partial charge < -0.3 is 9.15 Å². The quantitative estimate of drug-likeness (QED) is 0.468. The summed E-state index contributed by atoms with van der Waals surface area (Å²) in [5, 5.41) is 5.83. The second-order valence-electron chi connectivity index (χ2n) is 6.51. The fourth-order valence-electron chi connectivity index (χ4n) is 2.90. The molecular formula is C21H18N2O5S2. The third kappa shape index (κ3) is 4.07. The molecule has 0 aliphatic carbocycles. The van der Waals surface area contributed by atoms with E-state index in [1.165, 1.54) is 35.6 Å². The summed E-state index contributed by atoms with van der Waals surface area (Å²) < 4.78 is 34.6. The summed E-state index contributed by atoms with van der Waals surface area (Å²) in [6.07, 6.45) is 1.12. The van der Waals surface area contributed by atoms with Crippen LogP contribution in [0.2, 0.25) is 0 Å². The third-order valence-electron chi connectivity index (χ3n) is 4.33. The Bertz CT molecular complexity index is 1320. The zero-order valence-electron chi connectivity index (χ0n) is 16.2. The van der Waals surface area contributed by atoms with Gasteiger partial charge in [0.2, 0.25) is 0 Å². The van der Waals surface area contributed by atoms with Gasteiger partial charge >= 0.3 is 0 Å². The van der Waals surface area contributed by atoms with E-state index in [2.05, 4.69) is 10.3 Å². The van der Waals surface area contributed by atoms with Gasteiger partial charge in [-0.25, -0.2) is 13.4 Å². The number of fused-ring (bicyclic) bond motifs is 1. The molecule has 0 radical (unpaired) electrons. The number of ether oxygens (including phenoxy) is 1. The van der Waals surface area contributed by atoms with E-state index in [1.54, 1.807) is 5.38 Å². The Balaban J connectivity index is 1.54. The van der Waals surface area contributed by atoms with Crippen LogP contribution in [-0.2, 0) is 9.84 Å². The second-order valence-corrected chi connectivity index (χ2v) is 9.38. The van der Waals surface area contributed by atoms with Gasteiger partial charge in [-0.05, 0) is 43.3 Å². The number of hydrogen-bond donors (Lipinski definition) is 1. The van der Waals surface area contributed by atoms with Crippen molar-refractivity contribution in [1.29, 1.82) is 0 Å². The molecule has 4 rings (SSSR count). The molecule has 30 heavy (non-hydrogen) atoms. The number of benzene rings is 2. The summed E-state index contributed by atoms with van der Waals surface area (Å²) in [4.78, 5) is 17.0. The molecule has 7 nitrogen and oxygen atoms in total. The number of rotatable bonds is 6. The molecule has 1 amide bonds. The lowest BCUT2D eigenvalue weighted by molar-refractivity contribution is 0.102. The lowest BCUT2D eigenvalue weighted by atomic mass is 10.2. The minimum absolute atomic E-state index is 0.159. The van der Waals surface area contributed by atoms with E-state index in [0.717, 1.165) is 11.6 Å². The Morgan fingerprint density at radius 3 is 2.67 bits per heavy atom. The molecule has 0 atom stereocenters. The second kappa shape index (κ2) is 7.92. The number of furan rings is 1. The highest BCUT2D eigenvalue weighted by Crippen LogP contribution is 2.34. The molecule has 4 aromatic rings. The lowest BCUT2D eigenvalue weighted by Crippen LogP contribution is -2.11. The van der Waals surface area contributed by atoms with Crippen molar-refractivity contribution in [2.24, 2.45) is 0 Å². The van der Waals surface area contributed by atoms with Crippen molar-refractivity contribution in [1.82, 2.24) is 4.98 Å². The normalized spacial score (nSPS) is 11.5. The first-order chi connectivity index (χ1) is 14.3. The summed E-state index contributed by atoms with van der Waals surface area (Å²) in [6.45, 7) is 2.44. The van der Waals surface area contributed by atoms with Crippen LogP contribution in [0.3, 0.4) is 0 Å². The van der Waals surface area contributed by atoms with Crippen LogP contribution >= 0.6 is 11.3 Å². The fourth-order valence-corrected chi connectivity index (χ4v) is 4.22. The maximum absolute atomic E-state index is 12.4. The van der Waals surface area contributed by atoms with Crippen molar-refractivity contribution < 1.29 is 22.4 Å². The molecule has 154 valence electrons. The Morgan fingerprint density at radius 2 is 1.97 bits per heavy atom. The SMILES string of the molecule is CCOc1cccc2cc(-c3csc(NC(=O)c4ccc(S(C)(=O)=O)cc4)n3)oc12. The van der Waals surface area contributed by atoms with Crippen LogP contribution in [0.1, 0.15) is 17.3 Å². The minimum atomic E-state index is -3.31. The Morgan fingerprint density at radius 1 is 1.20 bits per heavy atom. The van der Waals surface area contributed by atoms with E-state index < -0.39 is 9.84 Å². The first-order valence-electron chi connectivity index (χ1n) is 9.08. The molecule has 0 spiro atoms. The number of aromatic nitrogens is 1. The van der Waals surface area contributed by atoms with Crippen LogP contribution < -0.4 is 10.1 Å². The van der Waals surface area contributed by atoms with Gasteiger partial charge in [0.1, 0.15) is 5.69 Å². The zero-order chi connectivity index (χ0) is 21.3. The predicted octanol–water partition coefficient (Wildman–Crippen LogP) is 4.61. The predicted molar refractivity (Wildman–Crippen MR) is 116 cm³/mol. The van der Waals surface area contributed by atoms with E-state index in [-0.39, 0.29) is 10.8 Å². The van der Waals surface area contributed by atoms with Gasteiger partial charge in [-0.3, -0.25) is 10.1 Å². The largest absolute Gasteiger partial charge is 0.490 e. The van der Waals surface area contributed by atoms with E-state index in [1.807, 2.05) is 31.2 Å². The standard InChI is InChI=1S/C21H18N2O5S2/c1-3-27-17-6-4-5-14-11-18(28-19(14)17)16-12-29-21(22-16)23-20(24)13-7-9-15(10-8-13)30(2,25)26/h4-12H,3H2,1-2H3,(H,22,23,24). The molecule has 2 heterocycles. The number of nitrogens with zero attached hydrogens (tertiary/aromatic N) is 1. The average molecular weight is 443 g/mol. The number of thiazole rings is 1. The van der Waals surface area contributed by atoms with Crippen LogP contribution in [0.5, 0.6) is 5.75 Å². The highest BCUT2D eigenvalue weighted by atomic mass is 32.2. The molecule has 0 bridgehead atoms. The van der Waals surface area contributed by atoms with E-state index in [0.29, 0.717) is 40.1 Å². The van der Waals surface area contributed by atoms with Crippen molar-refractivity contribution >= 4 is 43.2 Å². The van der Waals surface area contributed by atoms with Crippen LogP contribution in [0.4, 0.5) is 5.13 Å². The van der Waals surface area contributed by atoms with Crippen molar-refractivity contribution in [3.8, 4) is 17.2 Å². The summed E-state index contributed by atoms with van der Waals surface area (Å²) in [5.74, 6) is 0.869. The number of carbonyl (C=O) groups is 1. The highest BCUT2D eigenvalue weighted by Gasteiger charge is 2.15. The molecular weight excluding hydrogens is 424 g/mol. The van der Waals surface area contributed by atoms with E-state index in [4.69, 9.17) is 9.15 Å². The highest BCUT2D eigenvalue weighted by molar-refractivity contribution is 7.90. The molecule has 2 aromatic carbocycles. The van der Waals surface area contributed by atoms with Crippen LogP contribution in [0.15, 0.2) is 63.2 Å². The summed E-state index contributed by atoms with van der Waals surface area (Å²) in [7, 11) is -3.31. The maximum atomic E-state index is 12.4. The number of amides is 1. The topological polar surface area (TPSA) is 98.5 Å². The van der Waals surface area contributed by atoms with Crippen molar-refractivity contribution in [2.45, 2.75) is 11.8 Å². The number of carbonyl (C=O) groups excluding carboxylic acids is 1. The van der Waals surface area contributed by atoms with Gasteiger partial charge in [0.05, 0.1) is 11.5 Å². The smallest absolute Gasteiger partial charge is 0.257 e. The van der Waals surface area contributed by atoms with Crippen molar-refractivity contribution in [3.63, 3.8) is 0 Å². The summed E-state index contributed by atoms with van der Waals surface area (Å²) in [5.41, 5.74) is 1.59. The van der Waals surface area contributed by atoms with Gasteiger partial charge in [0.15, 0.2) is 32.1 Å². The lowest BCUT2D eigenvalue weighted by Gasteiger charge is -2.03. The van der Waals surface area contributed by atoms with Gasteiger partial charge in [-0.1, -0.05) is 12.1 Å². The van der Waals surface area contributed by atoms with Gasteiger partial charge in [0.25, 0.3) is 5.91 Å². The minimum Gasteiger partial charge on any atom is -0.490 e. The maximum Gasteiger partial charge on any atom is 0.257 e. The summed E-state index contributed by atoms with van der Waals surface area (Å²) >= 11 is 1.27. The Hall–Kier alpha value is -3.17. The van der Waals surface area contributed by atoms with Crippen LogP contribution in [0.25, 0.3) is 22.4 Å². The molecule has 0 aliphatic heterocycles. The number of anilines is 1. The van der Waals surface area contributed by atoms with Crippen LogP contribution in [0, 0.1) is 0 Å². The van der Waals surface area contributed by atoms with Crippen molar-refractivity contribution in [3.05, 3.63) is 59.5 Å². The average Bonchev–Trinajstić information content (AvgIpc) is 3.35. The molecule has 0 fully saturated rings. The fraction of sp³-hybridized carbons (Fsp3) is 0.143. The molecule has 0 saturated carbocycles. The first kappa shape index (κ1) is 20.1. The molecule has 9 heteroatoms. The molecule has 0 unspecified atom stereocenters. The first-order valence-corrected chi connectivity index (χ1v) is 11.8. The van der Waals surface area contributed by atoms with E-state index >= 15 is 0 Å². The van der Waals surface area contributed by atoms with Crippen LogP contribution in [-0.4, -0.2) is 32.2 Å². The number of nitrogens with one attached hydrogen (secondary N) is 1. The number of sulfone groups is 1. The van der Waals surface area contributed by atoms with Gasteiger partial charge in [-0.2, -0.15) is 0 Å².